The normalized spacial score (nSPS) is 12.1. The highest BCUT2D eigenvalue weighted by Gasteiger charge is 2.24. The molecule has 0 saturated carbocycles. The summed E-state index contributed by atoms with van der Waals surface area (Å²) in [6.07, 6.45) is 0. The third-order valence-electron chi connectivity index (χ3n) is 3.08. The molecule has 0 spiro atoms. The third kappa shape index (κ3) is 2.88. The number of rotatable bonds is 4. The van der Waals surface area contributed by atoms with Crippen molar-refractivity contribution in [3.05, 3.63) is 26.7 Å². The molecule has 0 unspecified atom stereocenters. The molecule has 21 heavy (non-hydrogen) atoms. The average molecular weight is 330 g/mol. The molecule has 0 bridgehead atoms. The SMILES string of the molecule is Cc1nn(C(C)C)c(C)c1NS(=O)(=O)c1sc(=O)[nH]c1C. The van der Waals surface area contributed by atoms with Gasteiger partial charge in [0.2, 0.25) is 0 Å². The van der Waals surface area contributed by atoms with Gasteiger partial charge in [-0.2, -0.15) is 5.10 Å². The summed E-state index contributed by atoms with van der Waals surface area (Å²) in [5.74, 6) is 0. The van der Waals surface area contributed by atoms with Gasteiger partial charge in [0.1, 0.15) is 0 Å². The number of aromatic nitrogens is 3. The van der Waals surface area contributed by atoms with Gasteiger partial charge >= 0.3 is 4.87 Å². The second kappa shape index (κ2) is 5.30. The number of thiazole rings is 1. The lowest BCUT2D eigenvalue weighted by Crippen LogP contribution is -2.14. The Morgan fingerprint density at radius 3 is 2.33 bits per heavy atom. The highest BCUT2D eigenvalue weighted by Crippen LogP contribution is 2.26. The summed E-state index contributed by atoms with van der Waals surface area (Å²) in [6.45, 7) is 9.06. The number of sulfonamides is 1. The summed E-state index contributed by atoms with van der Waals surface area (Å²) in [4.78, 5) is 13.4. The molecule has 116 valence electrons. The molecule has 7 nitrogen and oxygen atoms in total. The van der Waals surface area contributed by atoms with Gasteiger partial charge in [-0.1, -0.05) is 11.3 Å². The lowest BCUT2D eigenvalue weighted by Gasteiger charge is -2.10. The van der Waals surface area contributed by atoms with E-state index in [-0.39, 0.29) is 15.1 Å². The van der Waals surface area contributed by atoms with Gasteiger partial charge in [-0.25, -0.2) is 8.42 Å². The molecular weight excluding hydrogens is 312 g/mol. The molecule has 0 saturated heterocycles. The van der Waals surface area contributed by atoms with Crippen LogP contribution in [-0.2, 0) is 10.0 Å². The van der Waals surface area contributed by atoms with E-state index < -0.39 is 10.0 Å². The Balaban J connectivity index is 2.47. The number of hydrogen-bond donors (Lipinski definition) is 2. The van der Waals surface area contributed by atoms with Crippen molar-refractivity contribution < 1.29 is 8.42 Å². The van der Waals surface area contributed by atoms with Crippen LogP contribution in [0, 0.1) is 20.8 Å². The van der Waals surface area contributed by atoms with Crippen LogP contribution in [0.3, 0.4) is 0 Å². The topological polar surface area (TPSA) is 96.8 Å². The fourth-order valence-corrected chi connectivity index (χ4v) is 4.62. The Morgan fingerprint density at radius 2 is 1.90 bits per heavy atom. The number of hydrogen-bond acceptors (Lipinski definition) is 5. The molecule has 9 heteroatoms. The van der Waals surface area contributed by atoms with Crippen LogP contribution < -0.4 is 9.60 Å². The van der Waals surface area contributed by atoms with E-state index in [1.807, 2.05) is 20.8 Å². The molecule has 0 radical (unpaired) electrons. The minimum atomic E-state index is -3.80. The van der Waals surface area contributed by atoms with E-state index in [0.29, 0.717) is 28.4 Å². The largest absolute Gasteiger partial charge is 0.315 e. The second-order valence-corrected chi connectivity index (χ2v) is 7.98. The number of nitrogens with one attached hydrogen (secondary N) is 2. The second-order valence-electron chi connectivity index (χ2n) is 5.12. The smallest absolute Gasteiger partial charge is 0.306 e. The van der Waals surface area contributed by atoms with Crippen LogP contribution in [0.25, 0.3) is 0 Å². The molecule has 2 heterocycles. The zero-order valence-electron chi connectivity index (χ0n) is 12.5. The molecule has 0 aromatic carbocycles. The number of aromatic amines is 1. The van der Waals surface area contributed by atoms with Crippen LogP contribution >= 0.6 is 11.3 Å². The average Bonchev–Trinajstić information content (AvgIpc) is 2.83. The lowest BCUT2D eigenvalue weighted by molar-refractivity contribution is 0.516. The van der Waals surface area contributed by atoms with Gasteiger partial charge in [-0.15, -0.1) is 0 Å². The number of nitrogens with zero attached hydrogens (tertiary/aromatic N) is 2. The summed E-state index contributed by atoms with van der Waals surface area (Å²) in [5.41, 5.74) is 2.14. The molecule has 0 fully saturated rings. The maximum absolute atomic E-state index is 12.4. The minimum Gasteiger partial charge on any atom is -0.315 e. The van der Waals surface area contributed by atoms with Crippen molar-refractivity contribution in [2.75, 3.05) is 4.72 Å². The van der Waals surface area contributed by atoms with Crippen LogP contribution in [-0.4, -0.2) is 23.2 Å². The molecular formula is C12H18N4O3S2. The molecule has 2 N–H and O–H groups in total. The maximum atomic E-state index is 12.4. The Morgan fingerprint density at radius 1 is 1.29 bits per heavy atom. The lowest BCUT2D eigenvalue weighted by atomic mass is 10.3. The Kier molecular flexibility index (Phi) is 3.98. The van der Waals surface area contributed by atoms with Gasteiger partial charge in [0.05, 0.1) is 17.1 Å². The standard InChI is InChI=1S/C12H18N4O3S2/c1-6(2)16-9(5)10(7(3)14-16)15-21(18,19)11-8(4)13-12(17)20-11/h6,15H,1-5H3,(H,13,17). The van der Waals surface area contributed by atoms with Crippen molar-refractivity contribution in [3.8, 4) is 0 Å². The quantitative estimate of drug-likeness (QED) is 0.895. The van der Waals surface area contributed by atoms with Gasteiger partial charge < -0.3 is 4.98 Å². The first-order valence-corrected chi connectivity index (χ1v) is 8.71. The molecule has 2 rings (SSSR count). The fourth-order valence-electron chi connectivity index (χ4n) is 2.14. The van der Waals surface area contributed by atoms with E-state index in [1.165, 1.54) is 0 Å². The highest BCUT2D eigenvalue weighted by molar-refractivity contribution is 7.94. The zero-order chi connectivity index (χ0) is 15.9. The summed E-state index contributed by atoms with van der Waals surface area (Å²) >= 11 is 0.677. The molecule has 2 aromatic heterocycles. The zero-order valence-corrected chi connectivity index (χ0v) is 14.1. The van der Waals surface area contributed by atoms with Gasteiger partial charge in [-0.3, -0.25) is 14.2 Å². The van der Waals surface area contributed by atoms with Crippen molar-refractivity contribution in [2.24, 2.45) is 0 Å². The Hall–Kier alpha value is -1.61. The minimum absolute atomic E-state index is 0.00333. The van der Waals surface area contributed by atoms with E-state index >= 15 is 0 Å². The highest BCUT2D eigenvalue weighted by atomic mass is 32.2. The van der Waals surface area contributed by atoms with Gasteiger partial charge in [0.25, 0.3) is 10.0 Å². The first-order valence-electron chi connectivity index (χ1n) is 6.41. The molecule has 0 atom stereocenters. The van der Waals surface area contributed by atoms with Gasteiger partial charge in [0.15, 0.2) is 4.21 Å². The van der Waals surface area contributed by atoms with E-state index in [4.69, 9.17) is 0 Å². The monoisotopic (exact) mass is 330 g/mol. The van der Waals surface area contributed by atoms with E-state index in [2.05, 4.69) is 14.8 Å². The molecule has 0 aliphatic rings. The van der Waals surface area contributed by atoms with Crippen LogP contribution in [0.1, 0.15) is 37.0 Å². The van der Waals surface area contributed by atoms with Crippen LogP contribution in [0.2, 0.25) is 0 Å². The maximum Gasteiger partial charge on any atom is 0.306 e. The van der Waals surface area contributed by atoms with E-state index in [9.17, 15) is 13.2 Å². The fraction of sp³-hybridized carbons (Fsp3) is 0.500. The van der Waals surface area contributed by atoms with Gasteiger partial charge in [-0.05, 0) is 34.6 Å². The molecule has 0 aliphatic heterocycles. The van der Waals surface area contributed by atoms with Gasteiger partial charge in [0, 0.05) is 11.7 Å². The predicted molar refractivity (Wildman–Crippen MR) is 82.6 cm³/mol. The van der Waals surface area contributed by atoms with Crippen molar-refractivity contribution in [2.45, 2.75) is 44.9 Å². The summed E-state index contributed by atoms with van der Waals surface area (Å²) in [7, 11) is -3.80. The van der Waals surface area contributed by atoms with Crippen molar-refractivity contribution in [1.82, 2.24) is 14.8 Å². The van der Waals surface area contributed by atoms with Crippen molar-refractivity contribution in [1.29, 1.82) is 0 Å². The van der Waals surface area contributed by atoms with E-state index in [1.54, 1.807) is 18.5 Å². The summed E-state index contributed by atoms with van der Waals surface area (Å²) in [5, 5.41) is 4.34. The van der Waals surface area contributed by atoms with Crippen LogP contribution in [0.15, 0.2) is 9.00 Å². The van der Waals surface area contributed by atoms with Crippen LogP contribution in [0.5, 0.6) is 0 Å². The van der Waals surface area contributed by atoms with Crippen LogP contribution in [0.4, 0.5) is 5.69 Å². The number of aryl methyl sites for hydroxylation is 2. The number of anilines is 1. The molecule has 0 aliphatic carbocycles. The van der Waals surface area contributed by atoms with Crippen molar-refractivity contribution >= 4 is 27.0 Å². The first kappa shape index (κ1) is 15.8. The first-order chi connectivity index (χ1) is 9.63. The molecule has 0 amide bonds. The molecule has 2 aromatic rings. The number of H-pyrrole nitrogens is 1. The van der Waals surface area contributed by atoms with E-state index in [0.717, 1.165) is 5.69 Å². The Labute approximate surface area is 127 Å². The third-order valence-corrected chi connectivity index (χ3v) is 6.03. The Bertz CT molecular complexity index is 827. The predicted octanol–water partition coefficient (Wildman–Crippen LogP) is 1.94. The summed E-state index contributed by atoms with van der Waals surface area (Å²) < 4.78 is 29.2. The van der Waals surface area contributed by atoms with Crippen molar-refractivity contribution in [3.63, 3.8) is 0 Å². The summed E-state index contributed by atoms with van der Waals surface area (Å²) in [6, 6.07) is 0.131.